The van der Waals surface area contributed by atoms with Crippen molar-refractivity contribution in [2.24, 2.45) is 11.8 Å². The molecule has 0 saturated carbocycles. The number of methoxy groups -OCH3 is 1. The SMILES string of the molecule is C=CC1CN2CCC1CC2[C@H](c1ccnc2ccc(OC)cc12)n1cc([Si](C)(C)C)nn1. The number of piperidine rings is 3. The van der Waals surface area contributed by atoms with Crippen molar-refractivity contribution in [3.8, 4) is 5.75 Å². The van der Waals surface area contributed by atoms with Crippen molar-refractivity contribution in [2.75, 3.05) is 20.2 Å². The second-order valence-corrected chi connectivity index (χ2v) is 15.3. The molecule has 3 saturated heterocycles. The highest BCUT2D eigenvalue weighted by Crippen LogP contribution is 2.43. The van der Waals surface area contributed by atoms with E-state index in [-0.39, 0.29) is 6.04 Å². The molecule has 168 valence electrons. The molecule has 1 aromatic carbocycles. The summed E-state index contributed by atoms with van der Waals surface area (Å²) in [5.74, 6) is 2.12. The number of aromatic nitrogens is 4. The molecular weight excluding hydrogens is 414 g/mol. The molecule has 5 atom stereocenters. The van der Waals surface area contributed by atoms with Crippen LogP contribution < -0.4 is 10.1 Å². The third-order valence-electron chi connectivity index (χ3n) is 7.38. The summed E-state index contributed by atoms with van der Waals surface area (Å²) in [6, 6.07) is 8.76. The van der Waals surface area contributed by atoms with Gasteiger partial charge in [0.25, 0.3) is 0 Å². The maximum Gasteiger partial charge on any atom is 0.119 e. The first kappa shape index (κ1) is 21.3. The van der Waals surface area contributed by atoms with Gasteiger partial charge in [-0.3, -0.25) is 9.88 Å². The normalized spacial score (nSPS) is 26.2. The topological polar surface area (TPSA) is 56.1 Å². The number of fused-ring (bicyclic) bond motifs is 4. The summed E-state index contributed by atoms with van der Waals surface area (Å²) in [4.78, 5) is 7.29. The predicted molar refractivity (Wildman–Crippen MR) is 131 cm³/mol. The summed E-state index contributed by atoms with van der Waals surface area (Å²) in [7, 11) is 0.152. The highest BCUT2D eigenvalue weighted by Gasteiger charge is 2.44. The second kappa shape index (κ2) is 8.12. The molecule has 2 bridgehead atoms. The molecule has 0 amide bonds. The van der Waals surface area contributed by atoms with Crippen LogP contribution in [0.15, 0.2) is 49.3 Å². The average Bonchev–Trinajstić information content (AvgIpc) is 3.30. The van der Waals surface area contributed by atoms with Gasteiger partial charge in [0, 0.05) is 30.4 Å². The maximum atomic E-state index is 5.56. The molecular formula is C25H33N5OSi. The molecule has 6 rings (SSSR count). The first-order valence-electron chi connectivity index (χ1n) is 11.6. The Hall–Kier alpha value is -2.51. The Morgan fingerprint density at radius 2 is 2.09 bits per heavy atom. The molecule has 0 aliphatic carbocycles. The minimum Gasteiger partial charge on any atom is -0.497 e. The predicted octanol–water partition coefficient (Wildman–Crippen LogP) is 3.87. The van der Waals surface area contributed by atoms with Gasteiger partial charge in [-0.15, -0.1) is 11.7 Å². The number of ether oxygens (including phenoxy) is 1. The van der Waals surface area contributed by atoms with Gasteiger partial charge < -0.3 is 4.74 Å². The number of hydrogen-bond acceptors (Lipinski definition) is 5. The van der Waals surface area contributed by atoms with Crippen molar-refractivity contribution < 1.29 is 4.74 Å². The fraction of sp³-hybridized carbons (Fsp3) is 0.480. The molecule has 32 heavy (non-hydrogen) atoms. The Morgan fingerprint density at radius 3 is 2.75 bits per heavy atom. The average molecular weight is 448 g/mol. The Bertz CT molecular complexity index is 1140. The molecule has 2 aromatic heterocycles. The van der Waals surface area contributed by atoms with Crippen LogP contribution in [0.1, 0.15) is 24.4 Å². The smallest absolute Gasteiger partial charge is 0.119 e. The van der Waals surface area contributed by atoms with Crippen molar-refractivity contribution in [3.63, 3.8) is 0 Å². The number of hydrogen-bond donors (Lipinski definition) is 0. The van der Waals surface area contributed by atoms with E-state index in [0.717, 1.165) is 41.5 Å². The van der Waals surface area contributed by atoms with Crippen LogP contribution in [-0.2, 0) is 0 Å². The molecule has 0 radical (unpaired) electrons. The van der Waals surface area contributed by atoms with Gasteiger partial charge in [-0.2, -0.15) is 0 Å². The first-order chi connectivity index (χ1) is 15.4. The largest absolute Gasteiger partial charge is 0.497 e. The summed E-state index contributed by atoms with van der Waals surface area (Å²) in [6.45, 7) is 13.3. The lowest BCUT2D eigenvalue weighted by molar-refractivity contribution is -0.000120. The van der Waals surface area contributed by atoms with E-state index in [1.807, 2.05) is 18.3 Å². The minimum atomic E-state index is -1.56. The van der Waals surface area contributed by atoms with Crippen LogP contribution in [0, 0.1) is 11.8 Å². The van der Waals surface area contributed by atoms with E-state index in [4.69, 9.17) is 9.95 Å². The summed E-state index contributed by atoms with van der Waals surface area (Å²) in [6.07, 6.45) is 8.70. The molecule has 0 N–H and O–H groups in total. The van der Waals surface area contributed by atoms with E-state index < -0.39 is 8.07 Å². The fourth-order valence-corrected chi connectivity index (χ4v) is 6.38. The molecule has 3 aromatic rings. The van der Waals surface area contributed by atoms with Crippen LogP contribution in [0.25, 0.3) is 10.9 Å². The van der Waals surface area contributed by atoms with Gasteiger partial charge in [0.2, 0.25) is 0 Å². The van der Waals surface area contributed by atoms with Crippen LogP contribution in [0.5, 0.6) is 5.75 Å². The second-order valence-electron chi connectivity index (χ2n) is 10.3. The summed E-state index contributed by atoms with van der Waals surface area (Å²) in [5.41, 5.74) is 2.23. The fourth-order valence-electron chi connectivity index (χ4n) is 5.52. The number of nitrogens with zero attached hydrogens (tertiary/aromatic N) is 5. The monoisotopic (exact) mass is 447 g/mol. The lowest BCUT2D eigenvalue weighted by atomic mass is 9.73. The zero-order valence-electron chi connectivity index (χ0n) is 19.5. The van der Waals surface area contributed by atoms with Gasteiger partial charge in [-0.1, -0.05) is 30.9 Å². The van der Waals surface area contributed by atoms with E-state index >= 15 is 0 Å². The van der Waals surface area contributed by atoms with Crippen LogP contribution in [0.4, 0.5) is 0 Å². The first-order valence-corrected chi connectivity index (χ1v) is 15.1. The number of pyridine rings is 1. The number of benzene rings is 1. The van der Waals surface area contributed by atoms with Crippen molar-refractivity contribution in [2.45, 2.75) is 44.6 Å². The highest BCUT2D eigenvalue weighted by molar-refractivity contribution is 6.88. The van der Waals surface area contributed by atoms with Gasteiger partial charge in [-0.05, 0) is 61.1 Å². The molecule has 4 unspecified atom stereocenters. The Morgan fingerprint density at radius 1 is 1.25 bits per heavy atom. The van der Waals surface area contributed by atoms with Gasteiger partial charge >= 0.3 is 0 Å². The lowest BCUT2D eigenvalue weighted by Gasteiger charge is -2.51. The Balaban J connectivity index is 1.65. The van der Waals surface area contributed by atoms with E-state index in [0.29, 0.717) is 17.9 Å². The highest BCUT2D eigenvalue weighted by atomic mass is 28.3. The van der Waals surface area contributed by atoms with Gasteiger partial charge in [-0.25, -0.2) is 4.68 Å². The molecule has 7 heteroatoms. The van der Waals surface area contributed by atoms with E-state index in [1.165, 1.54) is 12.0 Å². The maximum absolute atomic E-state index is 5.56. The van der Waals surface area contributed by atoms with Gasteiger partial charge in [0.05, 0.1) is 24.0 Å². The number of rotatable bonds is 6. The lowest BCUT2D eigenvalue weighted by Crippen LogP contribution is -2.56. The van der Waals surface area contributed by atoms with Gasteiger partial charge in [0.1, 0.15) is 13.8 Å². The summed E-state index contributed by atoms with van der Waals surface area (Å²) >= 11 is 0. The van der Waals surface area contributed by atoms with E-state index in [9.17, 15) is 0 Å². The molecule has 6 nitrogen and oxygen atoms in total. The van der Waals surface area contributed by atoms with Gasteiger partial charge in [0.15, 0.2) is 0 Å². The zero-order chi connectivity index (χ0) is 22.5. The van der Waals surface area contributed by atoms with Crippen LogP contribution >= 0.6 is 0 Å². The zero-order valence-corrected chi connectivity index (χ0v) is 20.5. The van der Waals surface area contributed by atoms with Crippen LogP contribution in [-0.4, -0.2) is 59.2 Å². The quantitative estimate of drug-likeness (QED) is 0.424. The van der Waals surface area contributed by atoms with E-state index in [1.54, 1.807) is 7.11 Å². The minimum absolute atomic E-state index is 0.0822. The standard InChI is InChI=1S/C25H33N5OSi/c1-6-17-15-29-12-10-18(17)13-23(29)25(30-16-24(27-28-30)32(3,4)5)20-9-11-26-22-8-7-19(31-2)14-21(20)22/h6-9,11,14,16-18,23,25H,1,10,12-13,15H2,2-5H3/t17?,18?,23?,25-/m0/s1. The Labute approximate surface area is 191 Å². The van der Waals surface area contributed by atoms with Crippen molar-refractivity contribution in [1.82, 2.24) is 24.9 Å². The van der Waals surface area contributed by atoms with Crippen LogP contribution in [0.3, 0.4) is 0 Å². The van der Waals surface area contributed by atoms with Crippen molar-refractivity contribution in [3.05, 3.63) is 54.9 Å². The third-order valence-corrected chi connectivity index (χ3v) is 9.15. The molecule has 3 fully saturated rings. The van der Waals surface area contributed by atoms with Crippen molar-refractivity contribution in [1.29, 1.82) is 0 Å². The molecule has 5 heterocycles. The Kier molecular flexibility index (Phi) is 5.41. The molecule has 3 aliphatic heterocycles. The van der Waals surface area contributed by atoms with Crippen molar-refractivity contribution >= 4 is 24.3 Å². The summed E-state index contributed by atoms with van der Waals surface area (Å²) < 4.78 is 7.69. The molecule has 3 aliphatic rings. The summed E-state index contributed by atoms with van der Waals surface area (Å²) in [5, 5.41) is 11.6. The van der Waals surface area contributed by atoms with Crippen LogP contribution in [0.2, 0.25) is 19.6 Å². The molecule has 0 spiro atoms. The van der Waals surface area contributed by atoms with E-state index in [2.05, 4.69) is 70.3 Å². The third kappa shape index (κ3) is 3.67.